The Kier molecular flexibility index (Phi) is 4.81. The minimum absolute atomic E-state index is 0.319. The highest BCUT2D eigenvalue weighted by molar-refractivity contribution is 4.84. The maximum atomic E-state index is 6.14. The summed E-state index contributed by atoms with van der Waals surface area (Å²) >= 11 is 0. The Balaban J connectivity index is 2.36. The molecule has 0 aliphatic heterocycles. The van der Waals surface area contributed by atoms with Gasteiger partial charge in [0, 0.05) is 18.6 Å². The fraction of sp³-hybridized carbons (Fsp3) is 1.00. The lowest BCUT2D eigenvalue weighted by molar-refractivity contribution is 0.118. The van der Waals surface area contributed by atoms with Gasteiger partial charge in [-0.25, -0.2) is 0 Å². The Morgan fingerprint density at radius 2 is 1.75 bits per heavy atom. The smallest absolute Gasteiger partial charge is 0.0191 e. The molecule has 1 aliphatic rings. The van der Waals surface area contributed by atoms with Gasteiger partial charge in [-0.05, 0) is 44.1 Å². The van der Waals surface area contributed by atoms with Crippen molar-refractivity contribution in [3.05, 3.63) is 0 Å². The van der Waals surface area contributed by atoms with Crippen molar-refractivity contribution in [3.8, 4) is 0 Å². The first-order chi connectivity index (χ1) is 7.32. The van der Waals surface area contributed by atoms with Crippen LogP contribution in [0.25, 0.3) is 0 Å². The van der Waals surface area contributed by atoms with Crippen molar-refractivity contribution in [1.29, 1.82) is 0 Å². The molecule has 1 rings (SSSR count). The van der Waals surface area contributed by atoms with E-state index in [-0.39, 0.29) is 0 Å². The fourth-order valence-electron chi connectivity index (χ4n) is 2.52. The Bertz CT molecular complexity index is 201. The highest BCUT2D eigenvalue weighted by Gasteiger charge is 2.29. The van der Waals surface area contributed by atoms with Crippen molar-refractivity contribution in [3.63, 3.8) is 0 Å². The van der Waals surface area contributed by atoms with Crippen LogP contribution in [0, 0.1) is 11.3 Å². The van der Waals surface area contributed by atoms with Gasteiger partial charge in [0.2, 0.25) is 0 Å². The Hall–Kier alpha value is -0.0800. The first-order valence-electron chi connectivity index (χ1n) is 6.77. The van der Waals surface area contributed by atoms with E-state index in [1.807, 2.05) is 0 Å². The Labute approximate surface area is 102 Å². The van der Waals surface area contributed by atoms with Crippen molar-refractivity contribution in [2.45, 2.75) is 65.5 Å². The minimum atomic E-state index is 0.319. The molecule has 0 spiro atoms. The molecule has 2 N–H and O–H groups in total. The molecule has 1 aliphatic carbocycles. The molecular formula is C14H30N2. The molecular weight excluding hydrogens is 196 g/mol. The van der Waals surface area contributed by atoms with E-state index >= 15 is 0 Å². The van der Waals surface area contributed by atoms with Crippen LogP contribution in [0.1, 0.15) is 53.4 Å². The summed E-state index contributed by atoms with van der Waals surface area (Å²) < 4.78 is 0. The SMILES string of the molecule is CC(C)C(N)CN(C)C1CCC(C)(C)CC1. The van der Waals surface area contributed by atoms with Crippen LogP contribution >= 0.6 is 0 Å². The molecule has 0 aromatic carbocycles. The topological polar surface area (TPSA) is 29.3 Å². The monoisotopic (exact) mass is 226 g/mol. The number of nitrogens with zero attached hydrogens (tertiary/aromatic N) is 1. The molecule has 1 saturated carbocycles. The van der Waals surface area contributed by atoms with E-state index in [0.29, 0.717) is 17.4 Å². The lowest BCUT2D eigenvalue weighted by Gasteiger charge is -2.39. The second-order valence-electron chi connectivity index (χ2n) is 6.74. The molecule has 0 heterocycles. The van der Waals surface area contributed by atoms with Gasteiger partial charge in [-0.1, -0.05) is 27.7 Å². The maximum absolute atomic E-state index is 6.14. The van der Waals surface area contributed by atoms with Gasteiger partial charge in [0.25, 0.3) is 0 Å². The third-order valence-electron chi connectivity index (χ3n) is 4.29. The fourth-order valence-corrected chi connectivity index (χ4v) is 2.52. The zero-order valence-corrected chi connectivity index (χ0v) is 11.8. The van der Waals surface area contributed by atoms with E-state index in [4.69, 9.17) is 5.73 Å². The summed E-state index contributed by atoms with van der Waals surface area (Å²) in [7, 11) is 2.24. The Morgan fingerprint density at radius 1 is 1.25 bits per heavy atom. The van der Waals surface area contributed by atoms with Gasteiger partial charge in [-0.3, -0.25) is 0 Å². The largest absolute Gasteiger partial charge is 0.326 e. The minimum Gasteiger partial charge on any atom is -0.326 e. The van der Waals surface area contributed by atoms with Crippen molar-refractivity contribution in [2.75, 3.05) is 13.6 Å². The van der Waals surface area contributed by atoms with Gasteiger partial charge in [-0.15, -0.1) is 0 Å². The summed E-state index contributed by atoms with van der Waals surface area (Å²) in [5, 5.41) is 0. The number of nitrogens with two attached hydrogens (primary N) is 1. The molecule has 0 aromatic rings. The first kappa shape index (κ1) is 14.0. The molecule has 0 aromatic heterocycles. The van der Waals surface area contributed by atoms with Crippen LogP contribution in [0.3, 0.4) is 0 Å². The van der Waals surface area contributed by atoms with Crippen molar-refractivity contribution < 1.29 is 0 Å². The lowest BCUT2D eigenvalue weighted by Crippen LogP contribution is -2.45. The predicted molar refractivity (Wildman–Crippen MR) is 71.5 cm³/mol. The van der Waals surface area contributed by atoms with Crippen LogP contribution in [-0.4, -0.2) is 30.6 Å². The summed E-state index contributed by atoms with van der Waals surface area (Å²) in [6.07, 6.45) is 5.40. The van der Waals surface area contributed by atoms with E-state index in [1.165, 1.54) is 25.7 Å². The normalized spacial score (nSPS) is 24.0. The average Bonchev–Trinajstić information content (AvgIpc) is 2.17. The standard InChI is InChI=1S/C14H30N2/c1-11(2)13(15)10-16(5)12-6-8-14(3,4)9-7-12/h11-13H,6-10,15H2,1-5H3. The van der Waals surface area contributed by atoms with Crippen LogP contribution in [0.15, 0.2) is 0 Å². The molecule has 96 valence electrons. The van der Waals surface area contributed by atoms with Crippen molar-refractivity contribution in [2.24, 2.45) is 17.1 Å². The van der Waals surface area contributed by atoms with Crippen LogP contribution in [0.5, 0.6) is 0 Å². The van der Waals surface area contributed by atoms with Gasteiger partial charge in [0.1, 0.15) is 0 Å². The second kappa shape index (κ2) is 5.50. The van der Waals surface area contributed by atoms with Crippen LogP contribution in [0.2, 0.25) is 0 Å². The molecule has 0 bridgehead atoms. The average molecular weight is 226 g/mol. The summed E-state index contributed by atoms with van der Waals surface area (Å²) in [6.45, 7) is 10.2. The van der Waals surface area contributed by atoms with Gasteiger partial charge < -0.3 is 10.6 Å². The number of rotatable bonds is 4. The summed E-state index contributed by atoms with van der Waals surface area (Å²) in [6, 6.07) is 1.08. The molecule has 2 nitrogen and oxygen atoms in total. The third kappa shape index (κ3) is 4.06. The molecule has 1 fully saturated rings. The summed E-state index contributed by atoms with van der Waals surface area (Å²) in [5.74, 6) is 0.586. The van der Waals surface area contributed by atoms with E-state index in [0.717, 1.165) is 12.6 Å². The van der Waals surface area contributed by atoms with Gasteiger partial charge in [-0.2, -0.15) is 0 Å². The van der Waals surface area contributed by atoms with Crippen LogP contribution < -0.4 is 5.73 Å². The highest BCUT2D eigenvalue weighted by Crippen LogP contribution is 2.36. The van der Waals surface area contributed by atoms with Crippen LogP contribution in [0.4, 0.5) is 0 Å². The maximum Gasteiger partial charge on any atom is 0.0191 e. The summed E-state index contributed by atoms with van der Waals surface area (Å²) in [4.78, 5) is 2.49. The molecule has 16 heavy (non-hydrogen) atoms. The van der Waals surface area contributed by atoms with Crippen LogP contribution in [-0.2, 0) is 0 Å². The van der Waals surface area contributed by atoms with E-state index < -0.39 is 0 Å². The molecule has 0 radical (unpaired) electrons. The third-order valence-corrected chi connectivity index (χ3v) is 4.29. The van der Waals surface area contributed by atoms with Crippen molar-refractivity contribution in [1.82, 2.24) is 4.90 Å². The quantitative estimate of drug-likeness (QED) is 0.798. The first-order valence-corrected chi connectivity index (χ1v) is 6.77. The lowest BCUT2D eigenvalue weighted by atomic mass is 9.75. The van der Waals surface area contributed by atoms with Crippen molar-refractivity contribution >= 4 is 0 Å². The molecule has 2 heteroatoms. The summed E-state index contributed by atoms with van der Waals surface area (Å²) in [5.41, 5.74) is 6.70. The van der Waals surface area contributed by atoms with Gasteiger partial charge in [0.05, 0.1) is 0 Å². The molecule has 0 amide bonds. The number of likely N-dealkylation sites (N-methyl/N-ethyl adjacent to an activating group) is 1. The van der Waals surface area contributed by atoms with Gasteiger partial charge >= 0.3 is 0 Å². The van der Waals surface area contributed by atoms with E-state index in [9.17, 15) is 0 Å². The second-order valence-corrected chi connectivity index (χ2v) is 6.74. The predicted octanol–water partition coefficient (Wildman–Crippen LogP) is 2.87. The molecule has 0 saturated heterocycles. The zero-order valence-electron chi connectivity index (χ0n) is 11.8. The zero-order chi connectivity index (χ0) is 12.3. The van der Waals surface area contributed by atoms with E-state index in [2.05, 4.69) is 39.6 Å². The number of hydrogen-bond acceptors (Lipinski definition) is 2. The highest BCUT2D eigenvalue weighted by atomic mass is 15.1. The molecule has 1 unspecified atom stereocenters. The number of hydrogen-bond donors (Lipinski definition) is 1. The Morgan fingerprint density at radius 3 is 2.19 bits per heavy atom. The van der Waals surface area contributed by atoms with Gasteiger partial charge in [0.15, 0.2) is 0 Å². The van der Waals surface area contributed by atoms with E-state index in [1.54, 1.807) is 0 Å². The molecule has 1 atom stereocenters.